The van der Waals surface area contributed by atoms with E-state index in [9.17, 15) is 33.6 Å². The monoisotopic (exact) mass is 1260 g/mol. The number of benzene rings is 4. The molecule has 20 nitrogen and oxygen atoms in total. The predicted octanol–water partition coefficient (Wildman–Crippen LogP) is 9.66. The fourth-order valence-electron chi connectivity index (χ4n) is 9.65. The number of hydrogen-bond acceptors (Lipinski definition) is 14. The smallest absolute Gasteiger partial charge is 0.269 e. The van der Waals surface area contributed by atoms with E-state index in [1.54, 1.807) is 92.7 Å². The van der Waals surface area contributed by atoms with Crippen molar-refractivity contribution in [1.82, 2.24) is 25.3 Å². The molecule has 0 unspecified atom stereocenters. The van der Waals surface area contributed by atoms with Gasteiger partial charge in [-0.2, -0.15) is 0 Å². The van der Waals surface area contributed by atoms with Crippen LogP contribution >= 0.6 is 31.9 Å². The molecule has 0 saturated heterocycles. The molecule has 0 radical (unpaired) electrons. The van der Waals surface area contributed by atoms with Gasteiger partial charge >= 0.3 is 0 Å². The number of nitrogens with one attached hydrogen (secondary N) is 3. The predicted molar refractivity (Wildman–Crippen MR) is 322 cm³/mol. The van der Waals surface area contributed by atoms with Gasteiger partial charge in [-0.25, -0.2) is 0 Å². The second kappa shape index (κ2) is 27.8. The number of carbonyl (C=O) groups is 7. The van der Waals surface area contributed by atoms with Crippen LogP contribution in [0.5, 0.6) is 28.7 Å². The summed E-state index contributed by atoms with van der Waals surface area (Å²) in [6, 6.07) is 19.5. The number of unbranched alkanes of at least 4 members (excludes halogenated alkanes) is 2. The van der Waals surface area contributed by atoms with E-state index in [4.69, 9.17) is 28.7 Å². The van der Waals surface area contributed by atoms with Crippen molar-refractivity contribution in [3.05, 3.63) is 116 Å². The molecule has 0 aliphatic carbocycles. The summed E-state index contributed by atoms with van der Waals surface area (Å²) in [5.41, 5.74) is 5.81. The second-order valence-electron chi connectivity index (χ2n) is 20.3. The Bertz CT molecular complexity index is 3300. The van der Waals surface area contributed by atoms with Crippen LogP contribution < -0.4 is 39.6 Å². The Kier molecular flexibility index (Phi) is 20.4. The minimum atomic E-state index is -0.940. The fraction of sp³-hybridized carbons (Fsp3) is 0.361. The van der Waals surface area contributed by atoms with Crippen LogP contribution in [0.2, 0.25) is 0 Å². The molecule has 8 rings (SSSR count). The number of amides is 7. The number of halogens is 2. The number of aliphatic imine (C=N–C) groups is 2. The number of carbonyl (C=O) groups excluding carboxylic acids is 7. The molecule has 3 N–H and O–H groups in total. The van der Waals surface area contributed by atoms with Crippen molar-refractivity contribution < 1.29 is 57.2 Å². The number of rotatable bonds is 25. The third-order valence-electron chi connectivity index (χ3n) is 14.3. The van der Waals surface area contributed by atoms with Crippen molar-refractivity contribution in [2.75, 3.05) is 52.9 Å². The summed E-state index contributed by atoms with van der Waals surface area (Å²) in [5.74, 6) is -0.526. The normalized spacial score (nSPS) is 16.4. The van der Waals surface area contributed by atoms with Gasteiger partial charge in [0.2, 0.25) is 17.7 Å². The van der Waals surface area contributed by atoms with Crippen LogP contribution in [0.3, 0.4) is 0 Å². The molecule has 0 bridgehead atoms. The first kappa shape index (κ1) is 61.0. The summed E-state index contributed by atoms with van der Waals surface area (Å²) in [5, 5.41) is 8.34. The number of nitrogens with zero attached hydrogens (tertiary/aromatic N) is 5. The molecule has 4 heterocycles. The number of ether oxygens (including phenoxy) is 5. The molecule has 7 amide bonds. The topological polar surface area (TPSA) is 236 Å². The van der Waals surface area contributed by atoms with Crippen LogP contribution in [0, 0.1) is 5.92 Å². The molecular formula is C61H66Br2N8O12. The van der Waals surface area contributed by atoms with Crippen molar-refractivity contribution >= 4 is 114 Å². The summed E-state index contributed by atoms with van der Waals surface area (Å²) < 4.78 is 29.4. The zero-order valence-electron chi connectivity index (χ0n) is 47.2. The molecule has 0 aromatic heterocycles. The first-order valence-corrected chi connectivity index (χ1v) is 28.9. The lowest BCUT2D eigenvalue weighted by molar-refractivity contribution is -0.137. The summed E-state index contributed by atoms with van der Waals surface area (Å²) in [7, 11) is 4.64. The molecule has 4 aromatic rings. The van der Waals surface area contributed by atoms with Crippen LogP contribution in [-0.4, -0.2) is 134 Å². The maximum absolute atomic E-state index is 14.2. The maximum Gasteiger partial charge on any atom is 0.269 e. The SMILES string of the molecule is CC/C(=C\N1CC=Nc2cc(OCCCOc3cc4c(cc3OC)C(=O)N3C=C(c5ccc(OC)cc5)C[C@H]3C=N4)c(OC)cc2C1=O)c1ccc(NC(=O)[C@@H](C)NC(=O)[C@H](NC(=O)CCCCCN2C(=O)C(Br)=C(Br)C2=O)C(C)C)cc1. The van der Waals surface area contributed by atoms with Gasteiger partial charge in [0.15, 0.2) is 23.0 Å². The highest BCUT2D eigenvalue weighted by atomic mass is 79.9. The summed E-state index contributed by atoms with van der Waals surface area (Å²) >= 11 is 6.23. The largest absolute Gasteiger partial charge is 0.497 e. The molecular weight excluding hydrogens is 1200 g/mol. The Morgan fingerprint density at radius 1 is 0.711 bits per heavy atom. The summed E-state index contributed by atoms with van der Waals surface area (Å²) in [6.45, 7) is 8.02. The van der Waals surface area contributed by atoms with Gasteiger partial charge in [-0.1, -0.05) is 51.5 Å². The molecule has 436 valence electrons. The average Bonchev–Trinajstić information content (AvgIpc) is 3.71. The zero-order chi connectivity index (χ0) is 59.5. The Labute approximate surface area is 498 Å². The van der Waals surface area contributed by atoms with Crippen LogP contribution in [0.15, 0.2) is 104 Å². The van der Waals surface area contributed by atoms with Crippen molar-refractivity contribution in [1.29, 1.82) is 0 Å². The van der Waals surface area contributed by atoms with Crippen molar-refractivity contribution in [3.8, 4) is 28.7 Å². The second-order valence-corrected chi connectivity index (χ2v) is 21.9. The third kappa shape index (κ3) is 14.4. The Morgan fingerprint density at radius 3 is 1.94 bits per heavy atom. The number of methoxy groups -OCH3 is 3. The Balaban J connectivity index is 0.804. The standard InChI is InChI=1S/C61H66Br2N8O12/c1-8-37(38-14-18-41(19-15-38)67-56(73)36(4)66-57(74)55(35(2)3)68-52(72)13-10-9-11-23-70-60(77)53(62)54(63)61(70)78)33-69-24-22-64-46-30-50(48(80-6)28-44(46)58(69)75)82-25-12-26-83-51-31-47-45(29-49(51)81-7)59(76)71-34-40(27-42(71)32-65-47)39-16-20-43(79-5)21-17-39/h14-22,28-36,42,55H,8-13,23-27H2,1-7H3,(H,66,74)(H,67,73)(H,68,72)/b37-33+/t36-,42+,55-/m1/s1. The molecule has 4 aliphatic heterocycles. The molecule has 0 saturated carbocycles. The Hall–Kier alpha value is -8.11. The van der Waals surface area contributed by atoms with Gasteiger partial charge in [-0.15, -0.1) is 0 Å². The van der Waals surface area contributed by atoms with E-state index in [-0.39, 0.29) is 71.4 Å². The highest BCUT2D eigenvalue weighted by Gasteiger charge is 2.36. The van der Waals surface area contributed by atoms with Crippen LogP contribution in [-0.2, 0) is 24.0 Å². The molecule has 4 aliphatic rings. The number of allylic oxidation sites excluding steroid dienone is 1. The van der Waals surface area contributed by atoms with Crippen LogP contribution in [0.25, 0.3) is 11.1 Å². The van der Waals surface area contributed by atoms with Crippen molar-refractivity contribution in [2.45, 2.75) is 90.8 Å². The molecule has 3 atom stereocenters. The molecule has 83 heavy (non-hydrogen) atoms. The van der Waals surface area contributed by atoms with Crippen molar-refractivity contribution in [3.63, 3.8) is 0 Å². The lowest BCUT2D eigenvalue weighted by Gasteiger charge is -2.24. The van der Waals surface area contributed by atoms with E-state index >= 15 is 0 Å². The van der Waals surface area contributed by atoms with Gasteiger partial charge < -0.3 is 49.4 Å². The van der Waals surface area contributed by atoms with Gasteiger partial charge in [-0.3, -0.25) is 48.4 Å². The first-order valence-electron chi connectivity index (χ1n) is 27.3. The molecule has 0 fully saturated rings. The van der Waals surface area contributed by atoms with Gasteiger partial charge in [0.25, 0.3) is 23.6 Å². The molecule has 0 spiro atoms. The summed E-state index contributed by atoms with van der Waals surface area (Å²) in [4.78, 5) is 106. The van der Waals surface area contributed by atoms with Gasteiger partial charge in [-0.05, 0) is 123 Å². The lowest BCUT2D eigenvalue weighted by Crippen LogP contribution is -2.53. The highest BCUT2D eigenvalue weighted by Crippen LogP contribution is 2.41. The number of anilines is 1. The van der Waals surface area contributed by atoms with Gasteiger partial charge in [0.1, 0.15) is 26.8 Å². The zero-order valence-corrected chi connectivity index (χ0v) is 50.4. The molecule has 22 heteroatoms. The van der Waals surface area contributed by atoms with Gasteiger partial charge in [0.05, 0.1) is 69.6 Å². The van der Waals surface area contributed by atoms with E-state index in [0.29, 0.717) is 89.7 Å². The Morgan fingerprint density at radius 2 is 1.34 bits per heavy atom. The van der Waals surface area contributed by atoms with E-state index in [2.05, 4.69) is 52.8 Å². The fourth-order valence-corrected chi connectivity index (χ4v) is 10.4. The lowest BCUT2D eigenvalue weighted by atomic mass is 10.0. The van der Waals surface area contributed by atoms with E-state index in [1.165, 1.54) is 14.2 Å². The third-order valence-corrected chi connectivity index (χ3v) is 16.3. The minimum Gasteiger partial charge on any atom is -0.497 e. The molecule has 4 aromatic carbocycles. The van der Waals surface area contributed by atoms with E-state index < -0.39 is 35.7 Å². The number of hydrogen-bond donors (Lipinski definition) is 3. The van der Waals surface area contributed by atoms with E-state index in [0.717, 1.165) is 32.9 Å². The number of fused-ring (bicyclic) bond motifs is 3. The van der Waals surface area contributed by atoms with Crippen molar-refractivity contribution in [2.24, 2.45) is 15.9 Å². The average molecular weight is 1260 g/mol. The van der Waals surface area contributed by atoms with Crippen LogP contribution in [0.1, 0.15) is 104 Å². The number of imide groups is 1. The summed E-state index contributed by atoms with van der Waals surface area (Å²) in [6.07, 6.45) is 10.5. The van der Waals surface area contributed by atoms with Crippen LogP contribution in [0.4, 0.5) is 17.1 Å². The quantitative estimate of drug-likeness (QED) is 0.0415. The van der Waals surface area contributed by atoms with Gasteiger partial charge in [0, 0.05) is 68.5 Å². The maximum atomic E-state index is 14.2. The van der Waals surface area contributed by atoms with E-state index in [1.807, 2.05) is 49.5 Å². The highest BCUT2D eigenvalue weighted by molar-refractivity contribution is 9.14. The first-order chi connectivity index (χ1) is 39.9. The minimum absolute atomic E-state index is 0.140.